The molecule has 0 radical (unpaired) electrons. The van der Waals surface area contributed by atoms with Crippen LogP contribution in [0, 0.1) is 0 Å². The maximum absolute atomic E-state index is 12.9. The lowest BCUT2D eigenvalue weighted by Gasteiger charge is -2.32. The summed E-state index contributed by atoms with van der Waals surface area (Å²) in [5.41, 5.74) is -0.378. The number of carbonyl (C=O) groups excluding carboxylic acids is 1. The summed E-state index contributed by atoms with van der Waals surface area (Å²) in [6.07, 6.45) is -0.0740. The first kappa shape index (κ1) is 20.8. The Morgan fingerprint density at radius 3 is 2.93 bits per heavy atom. The van der Waals surface area contributed by atoms with Gasteiger partial charge in [0.1, 0.15) is 12.2 Å². The fourth-order valence-corrected chi connectivity index (χ4v) is 4.82. The smallest absolute Gasteiger partial charge is 0.342 e. The number of fused-ring (bicyclic) bond motifs is 1. The highest BCUT2D eigenvalue weighted by atomic mass is 32.1. The predicted molar refractivity (Wildman–Crippen MR) is 107 cm³/mol. The Kier molecular flexibility index (Phi) is 5.77. The van der Waals surface area contributed by atoms with Gasteiger partial charge in [0.25, 0.3) is 0 Å². The number of aromatic nitrogens is 4. The third-order valence-electron chi connectivity index (χ3n) is 5.44. The highest BCUT2D eigenvalue weighted by Gasteiger charge is 2.31. The first-order valence-corrected chi connectivity index (χ1v) is 10.8. The molecule has 30 heavy (non-hydrogen) atoms. The summed E-state index contributed by atoms with van der Waals surface area (Å²) >= 11 is 1.34. The molecule has 0 aliphatic carbocycles. The number of hydrogen-bond donors (Lipinski definition) is 0. The van der Waals surface area contributed by atoms with E-state index in [9.17, 15) is 18.0 Å². The Morgan fingerprint density at radius 2 is 2.17 bits per heavy atom. The molecule has 1 unspecified atom stereocenters. The first-order valence-electron chi connectivity index (χ1n) is 9.97. The van der Waals surface area contributed by atoms with Gasteiger partial charge >= 0.3 is 6.18 Å². The second-order valence-corrected chi connectivity index (χ2v) is 8.56. The molecular formula is C20H22F3N5OS. The van der Waals surface area contributed by atoms with Crippen molar-refractivity contribution in [1.82, 2.24) is 24.6 Å². The molecule has 160 valence electrons. The molecule has 0 spiro atoms. The molecule has 1 saturated heterocycles. The number of rotatable bonds is 5. The second kappa shape index (κ2) is 8.33. The Bertz CT molecular complexity index is 1040. The summed E-state index contributed by atoms with van der Waals surface area (Å²) in [5, 5.41) is 8.90. The number of halogens is 3. The molecule has 0 saturated carbocycles. The molecule has 6 nitrogen and oxygen atoms in total. The first-order chi connectivity index (χ1) is 14.3. The van der Waals surface area contributed by atoms with Gasteiger partial charge in [0, 0.05) is 38.4 Å². The third-order valence-corrected chi connectivity index (χ3v) is 6.53. The van der Waals surface area contributed by atoms with Gasteiger partial charge in [-0.05, 0) is 38.0 Å². The van der Waals surface area contributed by atoms with Gasteiger partial charge in [-0.1, -0.05) is 0 Å². The number of benzene rings is 1. The SMILES string of the molecule is CCn1cnnc1C1CCCN(C(=O)CCc2nc3cc(C(F)(F)F)ccc3s2)C1. The van der Waals surface area contributed by atoms with Crippen molar-refractivity contribution < 1.29 is 18.0 Å². The minimum atomic E-state index is -4.39. The number of likely N-dealkylation sites (tertiary alicyclic amines) is 1. The quantitative estimate of drug-likeness (QED) is 0.598. The molecule has 1 atom stereocenters. The lowest BCUT2D eigenvalue weighted by Crippen LogP contribution is -2.39. The monoisotopic (exact) mass is 437 g/mol. The molecule has 1 amide bonds. The predicted octanol–water partition coefficient (Wildman–Crippen LogP) is 4.27. The van der Waals surface area contributed by atoms with Crippen molar-refractivity contribution in [3.05, 3.63) is 40.9 Å². The van der Waals surface area contributed by atoms with Gasteiger partial charge in [0.15, 0.2) is 0 Å². The van der Waals surface area contributed by atoms with Crippen LogP contribution in [0.2, 0.25) is 0 Å². The lowest BCUT2D eigenvalue weighted by molar-refractivity contribution is -0.137. The average molecular weight is 437 g/mol. The number of carbonyl (C=O) groups is 1. The van der Waals surface area contributed by atoms with Crippen LogP contribution < -0.4 is 0 Å². The molecule has 0 N–H and O–H groups in total. The van der Waals surface area contributed by atoms with Gasteiger partial charge < -0.3 is 9.47 Å². The van der Waals surface area contributed by atoms with Crippen LogP contribution in [0.4, 0.5) is 13.2 Å². The van der Waals surface area contributed by atoms with Crippen LogP contribution in [-0.4, -0.2) is 43.6 Å². The number of hydrogen-bond acceptors (Lipinski definition) is 5. The number of nitrogens with zero attached hydrogens (tertiary/aromatic N) is 5. The molecule has 1 aliphatic rings. The Labute approximate surface area is 175 Å². The van der Waals surface area contributed by atoms with Crippen LogP contribution in [0.1, 0.15) is 48.5 Å². The summed E-state index contributed by atoms with van der Waals surface area (Å²) in [5.74, 6) is 1.13. The minimum Gasteiger partial charge on any atom is -0.342 e. The van der Waals surface area contributed by atoms with Crippen LogP contribution in [0.3, 0.4) is 0 Å². The van der Waals surface area contributed by atoms with E-state index in [1.807, 2.05) is 16.4 Å². The van der Waals surface area contributed by atoms with E-state index < -0.39 is 11.7 Å². The molecule has 4 rings (SSSR count). The van der Waals surface area contributed by atoms with Crippen LogP contribution in [0.5, 0.6) is 0 Å². The van der Waals surface area contributed by atoms with E-state index in [4.69, 9.17) is 0 Å². The Morgan fingerprint density at radius 1 is 1.33 bits per heavy atom. The van der Waals surface area contributed by atoms with E-state index in [0.717, 1.165) is 37.3 Å². The van der Waals surface area contributed by atoms with Gasteiger partial charge in [0.05, 0.1) is 20.8 Å². The summed E-state index contributed by atoms with van der Waals surface area (Å²) in [7, 11) is 0. The molecule has 3 aromatic rings. The number of aryl methyl sites for hydroxylation is 2. The highest BCUT2D eigenvalue weighted by molar-refractivity contribution is 7.18. The molecule has 1 fully saturated rings. The maximum Gasteiger partial charge on any atom is 0.416 e. The van der Waals surface area contributed by atoms with Crippen LogP contribution in [-0.2, 0) is 23.9 Å². The topological polar surface area (TPSA) is 63.9 Å². The summed E-state index contributed by atoms with van der Waals surface area (Å²) in [6, 6.07) is 3.58. The summed E-state index contributed by atoms with van der Waals surface area (Å²) in [6.45, 7) is 4.16. The number of piperidine rings is 1. The lowest BCUT2D eigenvalue weighted by atomic mass is 9.96. The van der Waals surface area contributed by atoms with Crippen molar-refractivity contribution in [2.75, 3.05) is 13.1 Å². The molecule has 0 bridgehead atoms. The Hall–Kier alpha value is -2.49. The minimum absolute atomic E-state index is 0.0394. The van der Waals surface area contributed by atoms with Crippen molar-refractivity contribution in [2.24, 2.45) is 0 Å². The normalized spacial score (nSPS) is 17.6. The summed E-state index contributed by atoms with van der Waals surface area (Å²) in [4.78, 5) is 18.9. The molecule has 3 heterocycles. The van der Waals surface area contributed by atoms with E-state index in [2.05, 4.69) is 15.2 Å². The van der Waals surface area contributed by atoms with Gasteiger partial charge in [-0.15, -0.1) is 21.5 Å². The van der Waals surface area contributed by atoms with E-state index >= 15 is 0 Å². The molecule has 10 heteroatoms. The van der Waals surface area contributed by atoms with Crippen molar-refractivity contribution in [1.29, 1.82) is 0 Å². The number of alkyl halides is 3. The fraction of sp³-hybridized carbons (Fsp3) is 0.500. The molecule has 1 aromatic carbocycles. The standard InChI is InChI=1S/C20H22F3N5OS/c1-2-27-12-24-26-19(27)13-4-3-9-28(11-13)18(29)8-7-17-25-15-10-14(20(21,22)23)5-6-16(15)30-17/h5-6,10,12-13H,2-4,7-9,11H2,1H3. The van der Waals surface area contributed by atoms with Crippen LogP contribution in [0.15, 0.2) is 24.5 Å². The Balaban J connectivity index is 1.39. The third kappa shape index (κ3) is 4.33. The van der Waals surface area contributed by atoms with Gasteiger partial charge in [-0.2, -0.15) is 13.2 Å². The fourth-order valence-electron chi connectivity index (χ4n) is 3.87. The molecule has 1 aliphatic heterocycles. The van der Waals surface area contributed by atoms with E-state index in [1.165, 1.54) is 17.4 Å². The zero-order valence-corrected chi connectivity index (χ0v) is 17.3. The van der Waals surface area contributed by atoms with E-state index in [0.29, 0.717) is 41.2 Å². The average Bonchev–Trinajstić information content (AvgIpc) is 3.37. The summed E-state index contributed by atoms with van der Waals surface area (Å²) < 4.78 is 41.3. The zero-order valence-electron chi connectivity index (χ0n) is 16.5. The highest BCUT2D eigenvalue weighted by Crippen LogP contribution is 2.33. The van der Waals surface area contributed by atoms with E-state index in [-0.39, 0.29) is 11.8 Å². The van der Waals surface area contributed by atoms with Gasteiger partial charge in [0.2, 0.25) is 5.91 Å². The number of amides is 1. The van der Waals surface area contributed by atoms with Crippen LogP contribution in [0.25, 0.3) is 10.2 Å². The van der Waals surface area contributed by atoms with Crippen molar-refractivity contribution in [3.63, 3.8) is 0 Å². The molecular weight excluding hydrogens is 415 g/mol. The zero-order chi connectivity index (χ0) is 21.3. The van der Waals surface area contributed by atoms with Crippen LogP contribution >= 0.6 is 11.3 Å². The van der Waals surface area contributed by atoms with E-state index in [1.54, 1.807) is 6.33 Å². The van der Waals surface area contributed by atoms with Gasteiger partial charge in [-0.3, -0.25) is 4.79 Å². The van der Waals surface area contributed by atoms with Crippen molar-refractivity contribution >= 4 is 27.5 Å². The van der Waals surface area contributed by atoms with Crippen molar-refractivity contribution in [2.45, 2.75) is 51.2 Å². The molecule has 2 aromatic heterocycles. The van der Waals surface area contributed by atoms with Gasteiger partial charge in [-0.25, -0.2) is 4.98 Å². The second-order valence-electron chi connectivity index (χ2n) is 7.44. The largest absolute Gasteiger partial charge is 0.416 e. The van der Waals surface area contributed by atoms with Crippen molar-refractivity contribution in [3.8, 4) is 0 Å². The maximum atomic E-state index is 12.9. The number of thiazole rings is 1.